The number of nitrogens with zero attached hydrogens (tertiary/aromatic N) is 1. The zero-order valence-electron chi connectivity index (χ0n) is 14.4. The van der Waals surface area contributed by atoms with Crippen LogP contribution in [0.25, 0.3) is 10.9 Å². The summed E-state index contributed by atoms with van der Waals surface area (Å²) in [6.07, 6.45) is 4.50. The molecule has 1 unspecified atom stereocenters. The molecule has 1 saturated heterocycles. The molecule has 2 aromatic rings. The van der Waals surface area contributed by atoms with Gasteiger partial charge in [-0.25, -0.2) is 0 Å². The van der Waals surface area contributed by atoms with Crippen LogP contribution in [-0.2, 0) is 16.0 Å². The molecule has 2 heterocycles. The third kappa shape index (κ3) is 4.36. The van der Waals surface area contributed by atoms with Gasteiger partial charge in [0.1, 0.15) is 0 Å². The van der Waals surface area contributed by atoms with Gasteiger partial charge >= 0.3 is 0 Å². The number of hydrogen-bond donors (Lipinski definition) is 2. The first-order valence-electron chi connectivity index (χ1n) is 8.79. The van der Waals surface area contributed by atoms with Crippen LogP contribution >= 0.6 is 0 Å². The van der Waals surface area contributed by atoms with Crippen molar-refractivity contribution in [3.8, 4) is 0 Å². The summed E-state index contributed by atoms with van der Waals surface area (Å²) < 4.78 is 5.12. The van der Waals surface area contributed by atoms with Gasteiger partial charge < -0.3 is 19.9 Å². The summed E-state index contributed by atoms with van der Waals surface area (Å²) in [5.41, 5.74) is 2.35. The minimum absolute atomic E-state index is 0.149. The lowest BCUT2D eigenvalue weighted by atomic mass is 10.1. The Morgan fingerprint density at radius 3 is 3.17 bits per heavy atom. The molecule has 5 nitrogen and oxygen atoms in total. The number of methoxy groups -OCH3 is 1. The van der Waals surface area contributed by atoms with Crippen LogP contribution in [0, 0.1) is 5.92 Å². The maximum Gasteiger partial charge on any atom is 0.220 e. The lowest BCUT2D eigenvalue weighted by Crippen LogP contribution is -2.31. The van der Waals surface area contributed by atoms with Crippen LogP contribution in [0.3, 0.4) is 0 Å². The number of hydrogen-bond acceptors (Lipinski definition) is 3. The second-order valence-corrected chi connectivity index (χ2v) is 6.61. The molecule has 5 heteroatoms. The van der Waals surface area contributed by atoms with Gasteiger partial charge in [0.25, 0.3) is 0 Å². The lowest BCUT2D eigenvalue weighted by molar-refractivity contribution is -0.121. The Morgan fingerprint density at radius 1 is 1.42 bits per heavy atom. The van der Waals surface area contributed by atoms with E-state index in [0.29, 0.717) is 12.3 Å². The minimum Gasteiger partial charge on any atom is -0.383 e. The number of aromatic amines is 1. The summed E-state index contributed by atoms with van der Waals surface area (Å²) in [5.74, 6) is 0.717. The van der Waals surface area contributed by atoms with E-state index < -0.39 is 0 Å². The molecule has 0 bridgehead atoms. The molecule has 1 atom stereocenters. The molecule has 1 aliphatic rings. The van der Waals surface area contributed by atoms with Crippen molar-refractivity contribution in [3.05, 3.63) is 36.0 Å². The van der Waals surface area contributed by atoms with E-state index in [1.54, 1.807) is 7.11 Å². The fourth-order valence-corrected chi connectivity index (χ4v) is 3.44. The molecule has 130 valence electrons. The Balaban J connectivity index is 1.39. The van der Waals surface area contributed by atoms with E-state index in [2.05, 4.69) is 27.3 Å². The normalized spacial score (nSPS) is 18.3. The number of H-pyrrole nitrogens is 1. The molecule has 3 rings (SSSR count). The number of carbonyl (C=O) groups excluding carboxylic acids is 1. The first-order chi connectivity index (χ1) is 11.8. The predicted octanol–water partition coefficient (Wildman–Crippen LogP) is 2.18. The van der Waals surface area contributed by atoms with E-state index >= 15 is 0 Å². The maximum absolute atomic E-state index is 12.1. The number of benzene rings is 1. The van der Waals surface area contributed by atoms with Crippen molar-refractivity contribution < 1.29 is 9.53 Å². The molecule has 1 aromatic heterocycles. The first kappa shape index (κ1) is 17.0. The quantitative estimate of drug-likeness (QED) is 0.780. The molecule has 2 N–H and O–H groups in total. The van der Waals surface area contributed by atoms with Gasteiger partial charge in [-0.15, -0.1) is 0 Å². The molecule has 1 aliphatic heterocycles. The number of ether oxygens (including phenoxy) is 1. The van der Waals surface area contributed by atoms with Gasteiger partial charge in [0.2, 0.25) is 5.91 Å². The largest absolute Gasteiger partial charge is 0.383 e. The highest BCUT2D eigenvalue weighted by molar-refractivity contribution is 5.84. The SMILES string of the molecule is COCCN1CCC(CNC(=O)CCc2c[nH]c3ccccc23)C1. The van der Waals surface area contributed by atoms with Crippen molar-refractivity contribution in [1.29, 1.82) is 0 Å². The van der Waals surface area contributed by atoms with Crippen molar-refractivity contribution in [2.45, 2.75) is 19.3 Å². The molecule has 0 spiro atoms. The zero-order chi connectivity index (χ0) is 16.8. The number of nitrogens with one attached hydrogen (secondary N) is 2. The van der Waals surface area contributed by atoms with E-state index in [1.807, 2.05) is 18.3 Å². The fraction of sp³-hybridized carbons (Fsp3) is 0.526. The number of aromatic nitrogens is 1. The topological polar surface area (TPSA) is 57.4 Å². The highest BCUT2D eigenvalue weighted by Crippen LogP contribution is 2.19. The van der Waals surface area contributed by atoms with E-state index in [4.69, 9.17) is 4.74 Å². The third-order valence-corrected chi connectivity index (χ3v) is 4.87. The Labute approximate surface area is 143 Å². The van der Waals surface area contributed by atoms with Crippen LogP contribution in [0.15, 0.2) is 30.5 Å². The minimum atomic E-state index is 0.149. The number of fused-ring (bicyclic) bond motifs is 1. The number of para-hydroxylation sites is 1. The number of carbonyl (C=O) groups is 1. The highest BCUT2D eigenvalue weighted by Gasteiger charge is 2.22. The van der Waals surface area contributed by atoms with Gasteiger partial charge in [-0.3, -0.25) is 4.79 Å². The van der Waals surface area contributed by atoms with Gasteiger partial charge in [0, 0.05) is 50.3 Å². The Morgan fingerprint density at radius 2 is 2.29 bits per heavy atom. The maximum atomic E-state index is 12.1. The molecular weight excluding hydrogens is 302 g/mol. The lowest BCUT2D eigenvalue weighted by Gasteiger charge is -2.15. The van der Waals surface area contributed by atoms with Crippen LogP contribution in [0.4, 0.5) is 0 Å². The average molecular weight is 329 g/mol. The third-order valence-electron chi connectivity index (χ3n) is 4.87. The number of rotatable bonds is 8. The van der Waals surface area contributed by atoms with Gasteiger partial charge in [-0.05, 0) is 36.9 Å². The second-order valence-electron chi connectivity index (χ2n) is 6.61. The average Bonchev–Trinajstić information content (AvgIpc) is 3.23. The first-order valence-corrected chi connectivity index (χ1v) is 8.79. The van der Waals surface area contributed by atoms with Crippen molar-refractivity contribution in [2.24, 2.45) is 5.92 Å². The van der Waals surface area contributed by atoms with Gasteiger partial charge in [-0.1, -0.05) is 18.2 Å². The molecule has 0 radical (unpaired) electrons. The smallest absolute Gasteiger partial charge is 0.220 e. The summed E-state index contributed by atoms with van der Waals surface area (Å²) in [5, 5.41) is 4.32. The Hall–Kier alpha value is -1.85. The van der Waals surface area contributed by atoms with Crippen LogP contribution in [-0.4, -0.2) is 55.7 Å². The summed E-state index contributed by atoms with van der Waals surface area (Å²) in [7, 11) is 1.74. The summed E-state index contributed by atoms with van der Waals surface area (Å²) >= 11 is 0. The van der Waals surface area contributed by atoms with Gasteiger partial charge in [0.15, 0.2) is 0 Å². The van der Waals surface area contributed by atoms with Crippen LogP contribution in [0.1, 0.15) is 18.4 Å². The van der Waals surface area contributed by atoms with Gasteiger partial charge in [-0.2, -0.15) is 0 Å². The van der Waals surface area contributed by atoms with Crippen LogP contribution < -0.4 is 5.32 Å². The molecule has 1 aromatic carbocycles. The van der Waals surface area contributed by atoms with Gasteiger partial charge in [0.05, 0.1) is 6.61 Å². The van der Waals surface area contributed by atoms with E-state index in [9.17, 15) is 4.79 Å². The highest BCUT2D eigenvalue weighted by atomic mass is 16.5. The Kier molecular flexibility index (Phi) is 5.88. The van der Waals surface area contributed by atoms with E-state index in [0.717, 1.165) is 51.1 Å². The summed E-state index contributed by atoms with van der Waals surface area (Å²) in [6, 6.07) is 8.22. The second kappa shape index (κ2) is 8.31. The molecule has 24 heavy (non-hydrogen) atoms. The van der Waals surface area contributed by atoms with E-state index in [1.165, 1.54) is 10.9 Å². The van der Waals surface area contributed by atoms with Crippen molar-refractivity contribution in [3.63, 3.8) is 0 Å². The summed E-state index contributed by atoms with van der Waals surface area (Å²) in [4.78, 5) is 17.8. The molecule has 1 amide bonds. The molecule has 0 saturated carbocycles. The number of aryl methyl sites for hydroxylation is 1. The Bertz CT molecular complexity index is 667. The van der Waals surface area contributed by atoms with Crippen LogP contribution in [0.2, 0.25) is 0 Å². The fourth-order valence-electron chi connectivity index (χ4n) is 3.44. The van der Waals surface area contributed by atoms with Crippen molar-refractivity contribution >= 4 is 16.8 Å². The molecule has 0 aliphatic carbocycles. The van der Waals surface area contributed by atoms with Crippen molar-refractivity contribution in [1.82, 2.24) is 15.2 Å². The number of likely N-dealkylation sites (tertiary alicyclic amines) is 1. The van der Waals surface area contributed by atoms with Crippen molar-refractivity contribution in [2.75, 3.05) is 39.9 Å². The predicted molar refractivity (Wildman–Crippen MR) is 96.1 cm³/mol. The monoisotopic (exact) mass is 329 g/mol. The zero-order valence-corrected chi connectivity index (χ0v) is 14.4. The molecular formula is C19H27N3O2. The van der Waals surface area contributed by atoms with E-state index in [-0.39, 0.29) is 5.91 Å². The molecule has 1 fully saturated rings. The standard InChI is InChI=1S/C19H27N3O2/c1-24-11-10-22-9-8-15(14-22)12-21-19(23)7-6-16-13-20-18-5-3-2-4-17(16)18/h2-5,13,15,20H,6-12,14H2,1H3,(H,21,23). The number of amides is 1. The van der Waals surface area contributed by atoms with Crippen LogP contribution in [0.5, 0.6) is 0 Å². The summed E-state index contributed by atoms with van der Waals surface area (Å²) in [6.45, 7) is 4.73.